The van der Waals surface area contributed by atoms with Crippen LogP contribution in [0.5, 0.6) is 5.75 Å². The predicted molar refractivity (Wildman–Crippen MR) is 119 cm³/mol. The number of rotatable bonds is 9. The second-order valence-corrected chi connectivity index (χ2v) is 8.95. The van der Waals surface area contributed by atoms with Gasteiger partial charge in [0.25, 0.3) is 0 Å². The molecule has 0 bridgehead atoms. The Bertz CT molecular complexity index is 809. The molecule has 29 heavy (non-hydrogen) atoms. The molecule has 1 aliphatic rings. The third-order valence-corrected chi connectivity index (χ3v) is 6.41. The number of hydrogen-bond donors (Lipinski definition) is 0. The highest BCUT2D eigenvalue weighted by atomic mass is 35.5. The first-order valence-electron chi connectivity index (χ1n) is 10.1. The standard InChI is InChI=1S/C21H27Cl2N3O2S/c1-2-21(27)26(11-10-25-8-4-3-5-9-25)13-17-15-29-20(24-17)14-28-19-12-16(22)6-7-18(19)23/h6-7,12,15H,2-5,8-11,13-14H2,1H3. The second kappa shape index (κ2) is 11.2. The lowest BCUT2D eigenvalue weighted by molar-refractivity contribution is -0.131. The molecule has 8 heteroatoms. The largest absolute Gasteiger partial charge is 0.485 e. The Kier molecular flexibility index (Phi) is 8.60. The molecule has 1 fully saturated rings. The van der Waals surface area contributed by atoms with E-state index in [0.29, 0.717) is 35.4 Å². The number of amides is 1. The number of carbonyl (C=O) groups is 1. The molecule has 1 aliphatic heterocycles. The quantitative estimate of drug-likeness (QED) is 0.517. The van der Waals surface area contributed by atoms with Gasteiger partial charge in [0, 0.05) is 36.0 Å². The average molecular weight is 456 g/mol. The highest BCUT2D eigenvalue weighted by Gasteiger charge is 2.17. The van der Waals surface area contributed by atoms with Crippen LogP contribution in [0.1, 0.15) is 43.3 Å². The fourth-order valence-corrected chi connectivity index (χ4v) is 4.40. The van der Waals surface area contributed by atoms with Crippen molar-refractivity contribution in [3.63, 3.8) is 0 Å². The molecule has 0 N–H and O–H groups in total. The summed E-state index contributed by atoms with van der Waals surface area (Å²) in [6, 6.07) is 5.13. The van der Waals surface area contributed by atoms with Gasteiger partial charge in [-0.1, -0.05) is 36.5 Å². The lowest BCUT2D eigenvalue weighted by Gasteiger charge is -2.29. The van der Waals surface area contributed by atoms with Gasteiger partial charge in [0.1, 0.15) is 17.4 Å². The van der Waals surface area contributed by atoms with Crippen molar-refractivity contribution in [2.45, 2.75) is 45.8 Å². The fraction of sp³-hybridized carbons (Fsp3) is 0.524. The van der Waals surface area contributed by atoms with Gasteiger partial charge in [-0.3, -0.25) is 4.79 Å². The second-order valence-electron chi connectivity index (χ2n) is 7.17. The zero-order valence-corrected chi connectivity index (χ0v) is 19.0. The molecule has 2 aromatic rings. The number of likely N-dealkylation sites (tertiary alicyclic amines) is 1. The molecule has 5 nitrogen and oxygen atoms in total. The van der Waals surface area contributed by atoms with Gasteiger partial charge in [-0.05, 0) is 38.1 Å². The number of nitrogens with zero attached hydrogens (tertiary/aromatic N) is 3. The SMILES string of the molecule is CCC(=O)N(CCN1CCCCC1)Cc1csc(COc2cc(Cl)ccc2Cl)n1. The number of piperidine rings is 1. The maximum absolute atomic E-state index is 12.4. The summed E-state index contributed by atoms with van der Waals surface area (Å²) >= 11 is 13.7. The van der Waals surface area contributed by atoms with Crippen molar-refractivity contribution < 1.29 is 9.53 Å². The van der Waals surface area contributed by atoms with Crippen LogP contribution in [0.3, 0.4) is 0 Å². The molecule has 0 unspecified atom stereocenters. The van der Waals surface area contributed by atoms with Crippen molar-refractivity contribution in [2.24, 2.45) is 0 Å². The molecule has 0 aliphatic carbocycles. The van der Waals surface area contributed by atoms with E-state index in [-0.39, 0.29) is 5.91 Å². The van der Waals surface area contributed by atoms with E-state index in [1.165, 1.54) is 30.6 Å². The average Bonchev–Trinajstić information content (AvgIpc) is 3.19. The number of thiazole rings is 1. The fourth-order valence-electron chi connectivity index (χ4n) is 3.37. The molecule has 158 valence electrons. The summed E-state index contributed by atoms with van der Waals surface area (Å²) in [7, 11) is 0. The van der Waals surface area contributed by atoms with Crippen molar-refractivity contribution in [3.05, 3.63) is 44.3 Å². The minimum Gasteiger partial charge on any atom is -0.485 e. The topological polar surface area (TPSA) is 45.7 Å². The number of aromatic nitrogens is 1. The first-order chi connectivity index (χ1) is 14.0. The zero-order chi connectivity index (χ0) is 20.6. The van der Waals surface area contributed by atoms with Gasteiger partial charge in [0.2, 0.25) is 5.91 Å². The molecule has 1 amide bonds. The van der Waals surface area contributed by atoms with E-state index in [0.717, 1.165) is 36.9 Å². The first-order valence-corrected chi connectivity index (χ1v) is 11.7. The van der Waals surface area contributed by atoms with E-state index in [2.05, 4.69) is 9.88 Å². The van der Waals surface area contributed by atoms with Crippen LogP contribution < -0.4 is 4.74 Å². The van der Waals surface area contributed by atoms with Crippen LogP contribution in [-0.4, -0.2) is 46.9 Å². The number of hydrogen-bond acceptors (Lipinski definition) is 5. The van der Waals surface area contributed by atoms with Gasteiger partial charge in [0.05, 0.1) is 17.3 Å². The van der Waals surface area contributed by atoms with Gasteiger partial charge in [-0.25, -0.2) is 4.98 Å². The summed E-state index contributed by atoms with van der Waals surface area (Å²) in [5.74, 6) is 0.707. The van der Waals surface area contributed by atoms with Crippen molar-refractivity contribution >= 4 is 40.4 Å². The lowest BCUT2D eigenvalue weighted by Crippen LogP contribution is -2.40. The molecule has 0 radical (unpaired) electrons. The predicted octanol–water partition coefficient (Wildman–Crippen LogP) is 5.25. The summed E-state index contributed by atoms with van der Waals surface area (Å²) < 4.78 is 5.76. The third kappa shape index (κ3) is 6.85. The van der Waals surface area contributed by atoms with Gasteiger partial charge in [-0.15, -0.1) is 11.3 Å². The molecule has 1 aromatic heterocycles. The summed E-state index contributed by atoms with van der Waals surface area (Å²) in [5.41, 5.74) is 0.895. The Labute approximate surface area is 186 Å². The van der Waals surface area contributed by atoms with E-state index < -0.39 is 0 Å². The maximum Gasteiger partial charge on any atom is 0.222 e. The Morgan fingerprint density at radius 3 is 2.83 bits per heavy atom. The van der Waals surface area contributed by atoms with Crippen molar-refractivity contribution in [2.75, 3.05) is 26.2 Å². The minimum atomic E-state index is 0.165. The van der Waals surface area contributed by atoms with Crippen molar-refractivity contribution in [1.29, 1.82) is 0 Å². The van der Waals surface area contributed by atoms with Crippen LogP contribution in [0.15, 0.2) is 23.6 Å². The van der Waals surface area contributed by atoms with Gasteiger partial charge < -0.3 is 14.5 Å². The van der Waals surface area contributed by atoms with E-state index >= 15 is 0 Å². The summed E-state index contributed by atoms with van der Waals surface area (Å²) in [6.07, 6.45) is 4.34. The molecule has 0 atom stereocenters. The van der Waals surface area contributed by atoms with Crippen LogP contribution >= 0.6 is 34.5 Å². The smallest absolute Gasteiger partial charge is 0.222 e. The minimum absolute atomic E-state index is 0.165. The van der Waals surface area contributed by atoms with Gasteiger partial charge in [0.15, 0.2) is 0 Å². The molecule has 1 aromatic carbocycles. The summed E-state index contributed by atoms with van der Waals surface area (Å²) in [5, 5.41) is 3.93. The van der Waals surface area contributed by atoms with Crippen LogP contribution in [0, 0.1) is 0 Å². The number of benzene rings is 1. The molecule has 3 rings (SSSR count). The molecule has 2 heterocycles. The van der Waals surface area contributed by atoms with Crippen LogP contribution in [0.25, 0.3) is 0 Å². The van der Waals surface area contributed by atoms with Crippen LogP contribution in [0.2, 0.25) is 10.0 Å². The molecule has 1 saturated heterocycles. The van der Waals surface area contributed by atoms with Crippen LogP contribution in [0.4, 0.5) is 0 Å². The summed E-state index contributed by atoms with van der Waals surface area (Å²) in [6.45, 7) is 6.71. The number of carbonyl (C=O) groups excluding carboxylic acids is 1. The van der Waals surface area contributed by atoms with Crippen molar-refractivity contribution in [3.8, 4) is 5.75 Å². The molecular formula is C21H27Cl2N3O2S. The molecular weight excluding hydrogens is 429 g/mol. The number of halogens is 2. The number of ether oxygens (including phenoxy) is 1. The first kappa shape index (κ1) is 22.3. The molecule has 0 spiro atoms. The van der Waals surface area contributed by atoms with Crippen LogP contribution in [-0.2, 0) is 17.9 Å². The normalized spacial score (nSPS) is 14.7. The van der Waals surface area contributed by atoms with E-state index in [4.69, 9.17) is 27.9 Å². The Morgan fingerprint density at radius 2 is 2.07 bits per heavy atom. The lowest BCUT2D eigenvalue weighted by atomic mass is 10.1. The van der Waals surface area contributed by atoms with Gasteiger partial charge >= 0.3 is 0 Å². The Balaban J connectivity index is 1.55. The van der Waals surface area contributed by atoms with E-state index in [9.17, 15) is 4.79 Å². The van der Waals surface area contributed by atoms with E-state index in [1.54, 1.807) is 18.2 Å². The Hall–Kier alpha value is -1.34. The van der Waals surface area contributed by atoms with Crippen molar-refractivity contribution in [1.82, 2.24) is 14.8 Å². The van der Waals surface area contributed by atoms with Gasteiger partial charge in [-0.2, -0.15) is 0 Å². The maximum atomic E-state index is 12.4. The molecule has 0 saturated carbocycles. The highest BCUT2D eigenvalue weighted by molar-refractivity contribution is 7.09. The summed E-state index contributed by atoms with van der Waals surface area (Å²) in [4.78, 5) is 21.4. The zero-order valence-electron chi connectivity index (χ0n) is 16.7. The van der Waals surface area contributed by atoms with E-state index in [1.807, 2.05) is 17.2 Å². The Morgan fingerprint density at radius 1 is 1.28 bits per heavy atom. The highest BCUT2D eigenvalue weighted by Crippen LogP contribution is 2.28. The third-order valence-electron chi connectivity index (χ3n) is 4.99. The monoisotopic (exact) mass is 455 g/mol.